The fraction of sp³-hybridized carbons (Fsp3) is 0.875. The molecule has 27 heavy (non-hydrogen) atoms. The summed E-state index contributed by atoms with van der Waals surface area (Å²) >= 11 is 0. The predicted octanol–water partition coefficient (Wildman–Crippen LogP) is 6.23. The maximum absolute atomic E-state index is 12.2. The largest absolute Gasteiger partial charge is 0.465 e. The molecule has 0 amide bonds. The molecule has 1 aliphatic rings. The molecule has 1 saturated heterocycles. The SMILES string of the molecule is [CH2]CCCCCC(CCCCC[CH2])CCCCOC(=O)C1CCN(C)CC1. The van der Waals surface area contributed by atoms with Gasteiger partial charge in [0.2, 0.25) is 0 Å². The Balaban J connectivity index is 2.13. The van der Waals surface area contributed by atoms with Gasteiger partial charge in [-0.3, -0.25) is 4.79 Å². The van der Waals surface area contributed by atoms with Gasteiger partial charge in [0, 0.05) is 0 Å². The second-order valence-electron chi connectivity index (χ2n) is 8.51. The molecule has 1 fully saturated rings. The summed E-state index contributed by atoms with van der Waals surface area (Å²) < 4.78 is 5.55. The summed E-state index contributed by atoms with van der Waals surface area (Å²) in [7, 11) is 2.12. The van der Waals surface area contributed by atoms with Crippen LogP contribution in [0.3, 0.4) is 0 Å². The van der Waals surface area contributed by atoms with E-state index < -0.39 is 0 Å². The molecule has 1 rings (SSSR count). The zero-order valence-corrected chi connectivity index (χ0v) is 18.1. The summed E-state index contributed by atoms with van der Waals surface area (Å²) in [5, 5.41) is 0. The molecule has 158 valence electrons. The minimum atomic E-state index is 0.0426. The predicted molar refractivity (Wildman–Crippen MR) is 115 cm³/mol. The van der Waals surface area contributed by atoms with Crippen LogP contribution in [0.4, 0.5) is 0 Å². The highest BCUT2D eigenvalue weighted by molar-refractivity contribution is 5.72. The van der Waals surface area contributed by atoms with Gasteiger partial charge in [0.25, 0.3) is 0 Å². The van der Waals surface area contributed by atoms with Crippen molar-refractivity contribution in [2.75, 3.05) is 26.7 Å². The Morgan fingerprint density at radius 1 is 0.889 bits per heavy atom. The van der Waals surface area contributed by atoms with Crippen molar-refractivity contribution >= 4 is 5.97 Å². The van der Waals surface area contributed by atoms with Crippen LogP contribution in [-0.2, 0) is 9.53 Å². The minimum absolute atomic E-state index is 0.0426. The fourth-order valence-corrected chi connectivity index (χ4v) is 4.08. The van der Waals surface area contributed by atoms with Gasteiger partial charge < -0.3 is 9.64 Å². The number of likely N-dealkylation sites (tertiary alicyclic amines) is 1. The van der Waals surface area contributed by atoms with Crippen LogP contribution in [0.2, 0.25) is 0 Å². The van der Waals surface area contributed by atoms with Crippen LogP contribution in [-0.4, -0.2) is 37.6 Å². The molecule has 0 bridgehead atoms. The van der Waals surface area contributed by atoms with E-state index in [-0.39, 0.29) is 11.9 Å². The quantitative estimate of drug-likeness (QED) is 0.235. The molecule has 3 nitrogen and oxygen atoms in total. The summed E-state index contributed by atoms with van der Waals surface area (Å²) in [6.45, 7) is 10.5. The number of carbonyl (C=O) groups is 1. The molecular weight excluding hydrogens is 334 g/mol. The number of rotatable bonds is 16. The Bertz CT molecular complexity index is 338. The van der Waals surface area contributed by atoms with Crippen LogP contribution in [0.5, 0.6) is 0 Å². The van der Waals surface area contributed by atoms with E-state index in [0.717, 1.165) is 51.1 Å². The van der Waals surface area contributed by atoms with Crippen molar-refractivity contribution < 1.29 is 9.53 Å². The molecule has 0 saturated carbocycles. The number of hydrogen-bond donors (Lipinski definition) is 0. The molecule has 0 aromatic heterocycles. The molecular formula is C24H45NO2. The highest BCUT2D eigenvalue weighted by atomic mass is 16.5. The van der Waals surface area contributed by atoms with Gasteiger partial charge in [-0.1, -0.05) is 84.5 Å². The van der Waals surface area contributed by atoms with Crippen molar-refractivity contribution in [3.05, 3.63) is 13.8 Å². The molecule has 0 spiro atoms. The number of nitrogens with zero attached hydrogens (tertiary/aromatic N) is 1. The minimum Gasteiger partial charge on any atom is -0.465 e. The second-order valence-corrected chi connectivity index (χ2v) is 8.51. The van der Waals surface area contributed by atoms with Crippen molar-refractivity contribution in [3.63, 3.8) is 0 Å². The van der Waals surface area contributed by atoms with Crippen molar-refractivity contribution in [1.82, 2.24) is 4.90 Å². The van der Waals surface area contributed by atoms with E-state index in [1.807, 2.05) is 0 Å². The van der Waals surface area contributed by atoms with Crippen molar-refractivity contribution in [3.8, 4) is 0 Å². The molecule has 2 radical (unpaired) electrons. The van der Waals surface area contributed by atoms with E-state index in [1.54, 1.807) is 0 Å². The van der Waals surface area contributed by atoms with Crippen LogP contribution < -0.4 is 0 Å². The topological polar surface area (TPSA) is 29.5 Å². The van der Waals surface area contributed by atoms with Crippen molar-refractivity contribution in [1.29, 1.82) is 0 Å². The molecule has 0 atom stereocenters. The third-order valence-electron chi connectivity index (χ3n) is 6.03. The normalized spacial score (nSPS) is 16.1. The van der Waals surface area contributed by atoms with Crippen LogP contribution in [0, 0.1) is 25.7 Å². The number of unbranched alkanes of at least 4 members (excludes halogenated alkanes) is 7. The van der Waals surface area contributed by atoms with E-state index in [4.69, 9.17) is 4.74 Å². The maximum Gasteiger partial charge on any atom is 0.309 e. The molecule has 0 aliphatic carbocycles. The standard InChI is InChI=1S/C24H45NO2/c1-4-6-8-10-14-22(15-11-9-7-5-2)16-12-13-21-27-24(26)23-17-19-25(3)20-18-23/h22-23H,1-2,4-21H2,3H3. The lowest BCUT2D eigenvalue weighted by Crippen LogP contribution is -2.34. The lowest BCUT2D eigenvalue weighted by molar-refractivity contribution is -0.150. The molecule has 1 aliphatic heterocycles. The molecule has 3 heteroatoms. The lowest BCUT2D eigenvalue weighted by atomic mass is 9.90. The smallest absolute Gasteiger partial charge is 0.309 e. The summed E-state index contributed by atoms with van der Waals surface area (Å²) in [5.41, 5.74) is 0. The van der Waals surface area contributed by atoms with Gasteiger partial charge in [0.05, 0.1) is 12.5 Å². The summed E-state index contributed by atoms with van der Waals surface area (Å²) in [6.07, 6.45) is 18.1. The van der Waals surface area contributed by atoms with Gasteiger partial charge in [0.1, 0.15) is 0 Å². The highest BCUT2D eigenvalue weighted by Gasteiger charge is 2.24. The zero-order valence-electron chi connectivity index (χ0n) is 18.1. The third kappa shape index (κ3) is 12.5. The van der Waals surface area contributed by atoms with Gasteiger partial charge >= 0.3 is 5.97 Å². The molecule has 0 aromatic carbocycles. The van der Waals surface area contributed by atoms with E-state index >= 15 is 0 Å². The Morgan fingerprint density at radius 2 is 1.41 bits per heavy atom. The zero-order chi connectivity index (χ0) is 19.7. The van der Waals surface area contributed by atoms with Crippen LogP contribution in [0.1, 0.15) is 96.3 Å². The first kappa shape index (κ1) is 24.5. The first-order valence-electron chi connectivity index (χ1n) is 11.6. The average molecular weight is 380 g/mol. The third-order valence-corrected chi connectivity index (χ3v) is 6.03. The van der Waals surface area contributed by atoms with Gasteiger partial charge in [0.15, 0.2) is 0 Å². The van der Waals surface area contributed by atoms with E-state index in [0.29, 0.717) is 6.61 Å². The molecule has 0 aromatic rings. The van der Waals surface area contributed by atoms with Crippen LogP contribution in [0.15, 0.2) is 0 Å². The first-order valence-corrected chi connectivity index (χ1v) is 11.6. The average Bonchev–Trinajstić information content (AvgIpc) is 2.68. The fourth-order valence-electron chi connectivity index (χ4n) is 4.08. The number of carbonyl (C=O) groups excluding carboxylic acids is 1. The van der Waals surface area contributed by atoms with Gasteiger partial charge in [-0.25, -0.2) is 0 Å². The summed E-state index contributed by atoms with van der Waals surface area (Å²) in [5.74, 6) is 1.03. The van der Waals surface area contributed by atoms with Crippen molar-refractivity contribution in [2.24, 2.45) is 11.8 Å². The second kappa shape index (κ2) is 16.4. The maximum atomic E-state index is 12.2. The summed E-state index contributed by atoms with van der Waals surface area (Å²) in [4.78, 5) is 14.4. The molecule has 0 unspecified atom stereocenters. The molecule has 1 heterocycles. The van der Waals surface area contributed by atoms with Crippen LogP contribution >= 0.6 is 0 Å². The number of esters is 1. The Kier molecular flexibility index (Phi) is 14.9. The monoisotopic (exact) mass is 379 g/mol. The van der Waals surface area contributed by atoms with Gasteiger partial charge in [-0.05, 0) is 51.7 Å². The number of ether oxygens (including phenoxy) is 1. The van der Waals surface area contributed by atoms with E-state index in [9.17, 15) is 4.79 Å². The Morgan fingerprint density at radius 3 is 1.93 bits per heavy atom. The Labute approximate surface area is 169 Å². The number of piperidine rings is 1. The first-order chi connectivity index (χ1) is 13.2. The van der Waals surface area contributed by atoms with E-state index in [2.05, 4.69) is 25.8 Å². The molecule has 0 N–H and O–H groups in total. The lowest BCUT2D eigenvalue weighted by Gasteiger charge is -2.27. The van der Waals surface area contributed by atoms with Crippen molar-refractivity contribution in [2.45, 2.75) is 96.3 Å². The Hall–Kier alpha value is -0.570. The van der Waals surface area contributed by atoms with Gasteiger partial charge in [-0.2, -0.15) is 0 Å². The van der Waals surface area contributed by atoms with E-state index in [1.165, 1.54) is 64.2 Å². The summed E-state index contributed by atoms with van der Waals surface area (Å²) in [6, 6.07) is 0. The number of hydrogen-bond acceptors (Lipinski definition) is 3. The highest BCUT2D eigenvalue weighted by Crippen LogP contribution is 2.24. The van der Waals surface area contributed by atoms with Crippen LogP contribution in [0.25, 0.3) is 0 Å². The van der Waals surface area contributed by atoms with Gasteiger partial charge in [-0.15, -0.1) is 0 Å².